The number of carbonyl (C=O) groups excluding carboxylic acids is 1. The number of carbonyl (C=O) groups is 1. The van der Waals surface area contributed by atoms with Crippen molar-refractivity contribution < 1.29 is 9.72 Å². The normalized spacial score (nSPS) is 12.8. The fourth-order valence-electron chi connectivity index (χ4n) is 4.77. The number of nitro groups is 1. The number of aliphatic imine (C=N–C) groups is 1. The van der Waals surface area contributed by atoms with E-state index in [2.05, 4.69) is 25.5 Å². The van der Waals surface area contributed by atoms with Crippen LogP contribution in [0.4, 0.5) is 16.4 Å². The molecule has 0 saturated heterocycles. The van der Waals surface area contributed by atoms with Crippen LogP contribution in [0.2, 0.25) is 15.1 Å². The van der Waals surface area contributed by atoms with Gasteiger partial charge in [-0.15, -0.1) is 16.4 Å². The van der Waals surface area contributed by atoms with Gasteiger partial charge in [-0.05, 0) is 97.1 Å². The molecule has 2 N–H and O–H groups in total. The van der Waals surface area contributed by atoms with Crippen molar-refractivity contribution >= 4 is 86.4 Å². The lowest BCUT2D eigenvalue weighted by atomic mass is 9.95. The zero-order chi connectivity index (χ0) is 30.8. The van der Waals surface area contributed by atoms with Crippen LogP contribution in [0.3, 0.4) is 0 Å². The number of rotatable bonds is 8. The number of benzene rings is 3. The molecular weight excluding hydrogens is 663 g/mol. The molecule has 0 aliphatic heterocycles. The molecule has 2 heterocycles. The van der Waals surface area contributed by atoms with Crippen LogP contribution in [0.15, 0.2) is 75.7 Å². The molecule has 1 aliphatic rings. The second-order valence-corrected chi connectivity index (χ2v) is 13.2. The Labute approximate surface area is 274 Å². The van der Waals surface area contributed by atoms with E-state index in [1.165, 1.54) is 17.4 Å². The minimum atomic E-state index is -0.460. The number of nitro benzene ring substituents is 1. The molecule has 3 aromatic carbocycles. The van der Waals surface area contributed by atoms with Gasteiger partial charge in [-0.2, -0.15) is 0 Å². The highest BCUT2D eigenvalue weighted by molar-refractivity contribution is 7.99. The number of aryl methyl sites for hydroxylation is 1. The first-order chi connectivity index (χ1) is 21.2. The second-order valence-electron chi connectivity index (χ2n) is 9.79. The number of amides is 1. The Kier molecular flexibility index (Phi) is 9.01. The molecule has 0 saturated carbocycles. The summed E-state index contributed by atoms with van der Waals surface area (Å²) >= 11 is 20.8. The van der Waals surface area contributed by atoms with Gasteiger partial charge in [-0.3, -0.25) is 20.0 Å². The van der Waals surface area contributed by atoms with Crippen LogP contribution in [0.5, 0.6) is 0 Å². The van der Waals surface area contributed by atoms with E-state index in [-0.39, 0.29) is 16.8 Å². The number of H-pyrrole nitrogens is 1. The first kappa shape index (κ1) is 30.3. The maximum absolute atomic E-state index is 13.4. The fraction of sp³-hybridized carbons (Fsp3) is 0.133. The van der Waals surface area contributed by atoms with Crippen LogP contribution in [-0.4, -0.2) is 32.2 Å². The highest BCUT2D eigenvalue weighted by atomic mass is 35.5. The lowest BCUT2D eigenvalue weighted by Crippen LogP contribution is -2.14. The zero-order valence-corrected chi connectivity index (χ0v) is 26.5. The number of halogens is 3. The standard InChI is InChI=1S/C30H21Cl3N6O3S2/c31-17-6-9-19(10-7-17)35-28(40)26-21-3-1-2-4-24(21)43-29(26)34-15-16-5-12-25(23(13-16)39(41)42)44-30-36-27(37-38-30)20-11-8-18(32)14-22(20)33/h5-15H,1-4H2,(H,35,40)(H,36,37,38). The van der Waals surface area contributed by atoms with E-state index in [4.69, 9.17) is 34.8 Å². The number of aromatic amines is 1. The van der Waals surface area contributed by atoms with Crippen LogP contribution in [0.1, 0.15) is 39.2 Å². The Morgan fingerprint density at radius 3 is 2.59 bits per heavy atom. The largest absolute Gasteiger partial charge is 0.322 e. The van der Waals surface area contributed by atoms with Gasteiger partial charge in [0, 0.05) is 38.5 Å². The summed E-state index contributed by atoms with van der Waals surface area (Å²) in [7, 11) is 0. The van der Waals surface area contributed by atoms with Crippen molar-refractivity contribution in [1.82, 2.24) is 15.2 Å². The summed E-state index contributed by atoms with van der Waals surface area (Å²) in [6, 6.07) is 16.7. The number of nitrogens with one attached hydrogen (secondary N) is 2. The van der Waals surface area contributed by atoms with Gasteiger partial charge in [-0.25, -0.2) is 9.98 Å². The Morgan fingerprint density at radius 2 is 1.82 bits per heavy atom. The minimum Gasteiger partial charge on any atom is -0.322 e. The Bertz CT molecular complexity index is 1920. The lowest BCUT2D eigenvalue weighted by molar-refractivity contribution is -0.387. The summed E-state index contributed by atoms with van der Waals surface area (Å²) in [5, 5.41) is 24.3. The predicted molar refractivity (Wildman–Crippen MR) is 177 cm³/mol. The van der Waals surface area contributed by atoms with Crippen LogP contribution in [-0.2, 0) is 12.8 Å². The summed E-state index contributed by atoms with van der Waals surface area (Å²) in [6.07, 6.45) is 5.29. The van der Waals surface area contributed by atoms with Crippen LogP contribution < -0.4 is 5.32 Å². The SMILES string of the molecule is O=C(Nc1ccc(Cl)cc1)c1c(N=Cc2ccc(Sc3n[nH]c(-c4ccc(Cl)cc4Cl)n3)c([N+](=O)[O-])c2)sc2c1CCCC2. The Hall–Kier alpha value is -3.74. The van der Waals surface area contributed by atoms with Crippen molar-refractivity contribution in [3.8, 4) is 11.4 Å². The van der Waals surface area contributed by atoms with Crippen molar-refractivity contribution in [2.24, 2.45) is 4.99 Å². The minimum absolute atomic E-state index is 0.124. The highest BCUT2D eigenvalue weighted by Gasteiger charge is 2.25. The first-order valence-electron chi connectivity index (χ1n) is 13.3. The third-order valence-electron chi connectivity index (χ3n) is 6.84. The second kappa shape index (κ2) is 13.1. The van der Waals surface area contributed by atoms with Crippen molar-refractivity contribution in [3.05, 3.63) is 107 Å². The molecule has 5 aromatic rings. The number of nitrogens with zero attached hydrogens (tertiary/aromatic N) is 4. The van der Waals surface area contributed by atoms with E-state index in [1.807, 2.05) is 0 Å². The van der Waals surface area contributed by atoms with Gasteiger partial charge in [0.25, 0.3) is 11.6 Å². The smallest absolute Gasteiger partial charge is 0.283 e. The van der Waals surface area contributed by atoms with Gasteiger partial charge < -0.3 is 5.32 Å². The van der Waals surface area contributed by atoms with Crippen molar-refractivity contribution in [3.63, 3.8) is 0 Å². The molecular formula is C30H21Cl3N6O3S2. The molecule has 14 heteroatoms. The van der Waals surface area contributed by atoms with E-state index >= 15 is 0 Å². The number of hydrogen-bond donors (Lipinski definition) is 2. The van der Waals surface area contributed by atoms with E-state index in [0.29, 0.717) is 53.2 Å². The lowest BCUT2D eigenvalue weighted by Gasteiger charge is -2.12. The summed E-state index contributed by atoms with van der Waals surface area (Å²) in [5.74, 6) is 0.164. The van der Waals surface area contributed by atoms with Crippen molar-refractivity contribution in [2.45, 2.75) is 35.7 Å². The molecule has 0 bridgehead atoms. The van der Waals surface area contributed by atoms with Crippen LogP contribution in [0.25, 0.3) is 11.4 Å². The van der Waals surface area contributed by atoms with Gasteiger partial charge in [0.1, 0.15) is 5.00 Å². The Balaban J connectivity index is 1.25. The number of thiophene rings is 1. The van der Waals surface area contributed by atoms with Gasteiger partial charge in [0.15, 0.2) is 5.82 Å². The van der Waals surface area contributed by atoms with E-state index in [0.717, 1.165) is 47.9 Å². The Morgan fingerprint density at radius 1 is 1.05 bits per heavy atom. The third-order valence-corrected chi connectivity index (χ3v) is 9.77. The molecule has 222 valence electrons. The third kappa shape index (κ3) is 6.67. The van der Waals surface area contributed by atoms with Gasteiger partial charge in [-0.1, -0.05) is 40.9 Å². The summed E-state index contributed by atoms with van der Waals surface area (Å²) in [5.41, 5.74) is 3.18. The maximum atomic E-state index is 13.4. The zero-order valence-electron chi connectivity index (χ0n) is 22.6. The molecule has 0 radical (unpaired) electrons. The monoisotopic (exact) mass is 682 g/mol. The average Bonchev–Trinajstić information content (AvgIpc) is 3.62. The molecule has 44 heavy (non-hydrogen) atoms. The topological polar surface area (TPSA) is 126 Å². The number of hydrogen-bond acceptors (Lipinski definition) is 8. The number of anilines is 1. The van der Waals surface area contributed by atoms with E-state index in [9.17, 15) is 14.9 Å². The van der Waals surface area contributed by atoms with Crippen molar-refractivity contribution in [1.29, 1.82) is 0 Å². The van der Waals surface area contributed by atoms with E-state index in [1.54, 1.807) is 60.8 Å². The summed E-state index contributed by atoms with van der Waals surface area (Å²) < 4.78 is 0. The van der Waals surface area contributed by atoms with Gasteiger partial charge >= 0.3 is 0 Å². The summed E-state index contributed by atoms with van der Waals surface area (Å²) in [6.45, 7) is 0. The highest BCUT2D eigenvalue weighted by Crippen LogP contribution is 2.41. The molecule has 0 atom stereocenters. The molecule has 0 unspecified atom stereocenters. The molecule has 0 spiro atoms. The maximum Gasteiger partial charge on any atom is 0.283 e. The summed E-state index contributed by atoms with van der Waals surface area (Å²) in [4.78, 5) is 35.6. The molecule has 2 aromatic heterocycles. The predicted octanol–water partition coefficient (Wildman–Crippen LogP) is 9.43. The average molecular weight is 684 g/mol. The van der Waals surface area contributed by atoms with Crippen LogP contribution in [0, 0.1) is 10.1 Å². The molecule has 9 nitrogen and oxygen atoms in total. The molecule has 1 aliphatic carbocycles. The fourth-order valence-corrected chi connectivity index (χ4v) is 7.43. The first-order valence-corrected chi connectivity index (χ1v) is 16.1. The van der Waals surface area contributed by atoms with Crippen LogP contribution >= 0.6 is 57.9 Å². The van der Waals surface area contributed by atoms with E-state index < -0.39 is 4.92 Å². The quantitative estimate of drug-likeness (QED) is 0.0953. The number of aromatic nitrogens is 3. The molecule has 1 amide bonds. The van der Waals surface area contributed by atoms with Crippen molar-refractivity contribution in [2.75, 3.05) is 5.32 Å². The van der Waals surface area contributed by atoms with Gasteiger partial charge in [0.2, 0.25) is 5.16 Å². The van der Waals surface area contributed by atoms with Gasteiger partial charge in [0.05, 0.1) is 20.4 Å². The molecule has 0 fully saturated rings. The number of fused-ring (bicyclic) bond motifs is 1. The molecule has 6 rings (SSSR count).